The highest BCUT2D eigenvalue weighted by Gasteiger charge is 2.36. The first-order chi connectivity index (χ1) is 14.1. The van der Waals surface area contributed by atoms with Crippen LogP contribution in [0.4, 0.5) is 5.82 Å². The van der Waals surface area contributed by atoms with Crippen molar-refractivity contribution in [1.29, 1.82) is 0 Å². The van der Waals surface area contributed by atoms with Gasteiger partial charge in [-0.2, -0.15) is 0 Å². The summed E-state index contributed by atoms with van der Waals surface area (Å²) in [6, 6.07) is 4.28. The van der Waals surface area contributed by atoms with Crippen LogP contribution < -0.4 is 15.5 Å². The summed E-state index contributed by atoms with van der Waals surface area (Å²) in [6.45, 7) is 9.67. The molecule has 2 aliphatic rings. The number of hydrogen-bond donors (Lipinski definition) is 2. The van der Waals surface area contributed by atoms with Gasteiger partial charge in [-0.05, 0) is 50.3 Å². The van der Waals surface area contributed by atoms with Crippen molar-refractivity contribution in [3.05, 3.63) is 23.9 Å². The average Bonchev–Trinajstić information content (AvgIpc) is 2.72. The molecule has 2 N–H and O–H groups in total. The third-order valence-corrected chi connectivity index (χ3v) is 6.28. The highest BCUT2D eigenvalue weighted by molar-refractivity contribution is 5.79. The van der Waals surface area contributed by atoms with Gasteiger partial charge in [0.15, 0.2) is 5.96 Å². The summed E-state index contributed by atoms with van der Waals surface area (Å²) in [4.78, 5) is 14.2. The molecule has 0 radical (unpaired) electrons. The van der Waals surface area contributed by atoms with E-state index in [0.717, 1.165) is 69.6 Å². The Balaban J connectivity index is 1.52. The van der Waals surface area contributed by atoms with E-state index in [0.29, 0.717) is 12.0 Å². The average molecular weight is 403 g/mol. The highest BCUT2D eigenvalue weighted by Crippen LogP contribution is 2.43. The number of pyridine rings is 1. The van der Waals surface area contributed by atoms with Crippen LogP contribution in [0.2, 0.25) is 0 Å². The number of aliphatic imine (C=N–C) groups is 1. The highest BCUT2D eigenvalue weighted by atomic mass is 16.5. The lowest BCUT2D eigenvalue weighted by Crippen LogP contribution is -2.47. The van der Waals surface area contributed by atoms with Crippen molar-refractivity contribution in [2.24, 2.45) is 10.4 Å². The molecule has 1 saturated heterocycles. The fourth-order valence-electron chi connectivity index (χ4n) is 4.03. The second-order valence-electron chi connectivity index (χ2n) is 8.46. The van der Waals surface area contributed by atoms with Gasteiger partial charge >= 0.3 is 0 Å². The van der Waals surface area contributed by atoms with Gasteiger partial charge in [-0.1, -0.05) is 12.5 Å². The van der Waals surface area contributed by atoms with Crippen LogP contribution >= 0.6 is 0 Å². The van der Waals surface area contributed by atoms with Gasteiger partial charge in [0.25, 0.3) is 0 Å². The summed E-state index contributed by atoms with van der Waals surface area (Å²) < 4.78 is 5.31. The predicted molar refractivity (Wildman–Crippen MR) is 120 cm³/mol. The number of nitrogens with one attached hydrogen (secondary N) is 2. The van der Waals surface area contributed by atoms with Crippen LogP contribution in [-0.2, 0) is 11.3 Å². The lowest BCUT2D eigenvalue weighted by atomic mass is 9.67. The number of nitrogens with zero attached hydrogens (tertiary/aromatic N) is 4. The van der Waals surface area contributed by atoms with Gasteiger partial charge in [0.2, 0.25) is 0 Å². The number of hydrogen-bond acceptors (Lipinski definition) is 5. The molecule has 1 aliphatic heterocycles. The molecule has 3 rings (SSSR count). The predicted octanol–water partition coefficient (Wildman–Crippen LogP) is 2.10. The molecule has 162 valence electrons. The Bertz CT molecular complexity index is 635. The van der Waals surface area contributed by atoms with Gasteiger partial charge in [-0.25, -0.2) is 9.98 Å². The van der Waals surface area contributed by atoms with Crippen LogP contribution in [0.3, 0.4) is 0 Å². The molecule has 29 heavy (non-hydrogen) atoms. The molecule has 0 unspecified atom stereocenters. The maximum Gasteiger partial charge on any atom is 0.191 e. The van der Waals surface area contributed by atoms with Gasteiger partial charge in [0, 0.05) is 59.2 Å². The second-order valence-corrected chi connectivity index (χ2v) is 8.46. The minimum Gasteiger partial charge on any atom is -0.385 e. The zero-order chi connectivity index (χ0) is 20.5. The summed E-state index contributed by atoms with van der Waals surface area (Å²) in [6.07, 6.45) is 6.96. The Morgan fingerprint density at radius 3 is 2.59 bits per heavy atom. The van der Waals surface area contributed by atoms with E-state index in [1.54, 1.807) is 7.11 Å². The van der Waals surface area contributed by atoms with Gasteiger partial charge in [-0.3, -0.25) is 0 Å². The van der Waals surface area contributed by atoms with Crippen LogP contribution in [0.25, 0.3) is 0 Å². The van der Waals surface area contributed by atoms with E-state index in [-0.39, 0.29) is 0 Å². The molecule has 1 aliphatic carbocycles. The van der Waals surface area contributed by atoms with Gasteiger partial charge in [0.05, 0.1) is 6.54 Å². The molecule has 2 fully saturated rings. The first-order valence-corrected chi connectivity index (χ1v) is 11.0. The molecule has 0 atom stereocenters. The molecule has 0 amide bonds. The zero-order valence-corrected chi connectivity index (χ0v) is 18.4. The summed E-state index contributed by atoms with van der Waals surface area (Å²) >= 11 is 0. The number of likely N-dealkylation sites (N-methyl/N-ethyl adjacent to an activating group) is 1. The van der Waals surface area contributed by atoms with Crippen LogP contribution in [0.15, 0.2) is 23.3 Å². The molecule has 0 bridgehead atoms. The van der Waals surface area contributed by atoms with Crippen LogP contribution in [0.1, 0.15) is 38.2 Å². The van der Waals surface area contributed by atoms with Crippen molar-refractivity contribution in [3.63, 3.8) is 0 Å². The van der Waals surface area contributed by atoms with Gasteiger partial charge in [0.1, 0.15) is 5.82 Å². The van der Waals surface area contributed by atoms with E-state index in [2.05, 4.69) is 51.5 Å². The van der Waals surface area contributed by atoms with Gasteiger partial charge in [-0.15, -0.1) is 0 Å². The van der Waals surface area contributed by atoms with E-state index in [9.17, 15) is 0 Å². The maximum atomic E-state index is 5.31. The quantitative estimate of drug-likeness (QED) is 0.487. The zero-order valence-electron chi connectivity index (χ0n) is 18.4. The van der Waals surface area contributed by atoms with E-state index < -0.39 is 0 Å². The van der Waals surface area contributed by atoms with Crippen molar-refractivity contribution >= 4 is 11.8 Å². The van der Waals surface area contributed by atoms with Crippen molar-refractivity contribution in [1.82, 2.24) is 20.5 Å². The fourth-order valence-corrected chi connectivity index (χ4v) is 4.03. The fraction of sp³-hybridized carbons (Fsp3) is 0.727. The second kappa shape index (κ2) is 10.8. The SMILES string of the molecule is CCNC(=NCc1ccc(N2CCN(C)CC2)nc1)NCC1(CCOC)CCC1. The number of ether oxygens (including phenoxy) is 1. The third kappa shape index (κ3) is 6.31. The number of guanidine groups is 1. The molecule has 2 heterocycles. The van der Waals surface area contributed by atoms with E-state index >= 15 is 0 Å². The number of methoxy groups -OCH3 is 1. The molecule has 0 spiro atoms. The van der Waals surface area contributed by atoms with Crippen LogP contribution in [0, 0.1) is 5.41 Å². The minimum absolute atomic E-state index is 0.373. The molecule has 1 saturated carbocycles. The van der Waals surface area contributed by atoms with E-state index in [1.165, 1.54) is 19.3 Å². The molecule has 1 aromatic rings. The summed E-state index contributed by atoms with van der Waals surface area (Å²) in [5.74, 6) is 1.96. The maximum absolute atomic E-state index is 5.31. The lowest BCUT2D eigenvalue weighted by molar-refractivity contribution is 0.0732. The Hall–Kier alpha value is -1.86. The number of anilines is 1. The van der Waals surface area contributed by atoms with Gasteiger partial charge < -0.3 is 25.2 Å². The Labute approximate surface area is 175 Å². The Morgan fingerprint density at radius 1 is 1.21 bits per heavy atom. The Kier molecular flexibility index (Phi) is 8.12. The summed E-state index contributed by atoms with van der Waals surface area (Å²) in [5, 5.41) is 6.93. The lowest BCUT2D eigenvalue weighted by Gasteiger charge is -2.42. The normalized spacial score (nSPS) is 19.7. The van der Waals surface area contributed by atoms with Crippen molar-refractivity contribution in [2.75, 3.05) is 64.9 Å². The van der Waals surface area contributed by atoms with E-state index in [1.807, 2.05) is 6.20 Å². The summed E-state index contributed by atoms with van der Waals surface area (Å²) in [5.41, 5.74) is 1.51. The largest absolute Gasteiger partial charge is 0.385 e. The van der Waals surface area contributed by atoms with Crippen molar-refractivity contribution in [2.45, 2.75) is 39.2 Å². The smallest absolute Gasteiger partial charge is 0.191 e. The monoisotopic (exact) mass is 402 g/mol. The van der Waals surface area contributed by atoms with Crippen molar-refractivity contribution < 1.29 is 4.74 Å². The number of aromatic nitrogens is 1. The van der Waals surface area contributed by atoms with E-state index in [4.69, 9.17) is 9.73 Å². The first kappa shape index (κ1) is 21.8. The van der Waals surface area contributed by atoms with Crippen LogP contribution in [0.5, 0.6) is 0 Å². The number of piperazine rings is 1. The molecule has 7 heteroatoms. The van der Waals surface area contributed by atoms with Crippen LogP contribution in [-0.4, -0.2) is 75.9 Å². The Morgan fingerprint density at radius 2 is 2.00 bits per heavy atom. The minimum atomic E-state index is 0.373. The third-order valence-electron chi connectivity index (χ3n) is 6.28. The molecular formula is C22H38N6O. The summed E-state index contributed by atoms with van der Waals surface area (Å²) in [7, 11) is 3.96. The molecule has 0 aromatic carbocycles. The molecule has 7 nitrogen and oxygen atoms in total. The topological polar surface area (TPSA) is 65.0 Å². The molecular weight excluding hydrogens is 364 g/mol. The van der Waals surface area contributed by atoms with Crippen molar-refractivity contribution in [3.8, 4) is 0 Å². The standard InChI is InChI=1S/C22H38N6O/c1-4-23-21(26-18-22(8-5-9-22)10-15-29-3)25-17-19-6-7-20(24-16-19)28-13-11-27(2)12-14-28/h6-7,16H,4-5,8-15,17-18H2,1-3H3,(H2,23,25,26). The first-order valence-electron chi connectivity index (χ1n) is 11.0. The number of rotatable bonds is 9. The molecule has 1 aromatic heterocycles.